The zero-order valence-electron chi connectivity index (χ0n) is 12.1. The summed E-state index contributed by atoms with van der Waals surface area (Å²) in [6.07, 6.45) is 2.08. The van der Waals surface area contributed by atoms with E-state index >= 15 is 0 Å². The van der Waals surface area contributed by atoms with E-state index in [4.69, 9.17) is 9.47 Å². The summed E-state index contributed by atoms with van der Waals surface area (Å²) in [5.41, 5.74) is 1.92. The monoisotopic (exact) mass is 285 g/mol. The van der Waals surface area contributed by atoms with Crippen LogP contribution in [0.25, 0.3) is 0 Å². The molecule has 0 saturated carbocycles. The second-order valence-corrected chi connectivity index (χ2v) is 4.67. The highest BCUT2D eigenvalue weighted by molar-refractivity contribution is 5.69. The third-order valence-corrected chi connectivity index (χ3v) is 3.06. The highest BCUT2D eigenvalue weighted by Gasteiger charge is 2.05. The lowest BCUT2D eigenvalue weighted by Gasteiger charge is -2.06. The Hall–Kier alpha value is -2.36. The fraction of sp³-hybridized carbons (Fsp3) is 0.294. The molecule has 0 N–H and O–H groups in total. The van der Waals surface area contributed by atoms with Gasteiger partial charge in [-0.2, -0.15) is 0 Å². The van der Waals surface area contributed by atoms with Crippen molar-refractivity contribution in [1.82, 2.24) is 4.98 Å². The van der Waals surface area contributed by atoms with Crippen LogP contribution in [0.1, 0.15) is 24.1 Å². The molecule has 0 atom stereocenters. The predicted molar refractivity (Wildman–Crippen MR) is 80.0 cm³/mol. The van der Waals surface area contributed by atoms with Gasteiger partial charge in [0, 0.05) is 12.5 Å². The molecule has 1 aromatic carbocycles. The van der Waals surface area contributed by atoms with Crippen molar-refractivity contribution in [1.29, 1.82) is 0 Å². The molecule has 0 spiro atoms. The summed E-state index contributed by atoms with van der Waals surface area (Å²) >= 11 is 0. The van der Waals surface area contributed by atoms with Gasteiger partial charge in [-0.05, 0) is 24.5 Å². The van der Waals surface area contributed by atoms with E-state index in [1.54, 1.807) is 19.2 Å². The molecule has 110 valence electrons. The Balaban J connectivity index is 1.70. The zero-order chi connectivity index (χ0) is 14.9. The number of benzene rings is 1. The first-order chi connectivity index (χ1) is 10.3. The van der Waals surface area contributed by atoms with Crippen LogP contribution in [-0.4, -0.2) is 18.1 Å². The zero-order valence-corrected chi connectivity index (χ0v) is 12.1. The van der Waals surface area contributed by atoms with Crippen LogP contribution in [0.3, 0.4) is 0 Å². The molecule has 0 aliphatic carbocycles. The summed E-state index contributed by atoms with van der Waals surface area (Å²) < 4.78 is 10.2. The molecule has 0 bridgehead atoms. The molecule has 4 heteroatoms. The predicted octanol–water partition coefficient (Wildman–Crippen LogP) is 3.16. The molecule has 0 saturated heterocycles. The molecule has 0 unspecified atom stereocenters. The summed E-state index contributed by atoms with van der Waals surface area (Å²) in [6, 6.07) is 15.5. The van der Waals surface area contributed by atoms with Gasteiger partial charge >= 0.3 is 5.97 Å². The van der Waals surface area contributed by atoms with E-state index in [2.05, 4.69) is 17.1 Å². The normalized spacial score (nSPS) is 10.1. The van der Waals surface area contributed by atoms with E-state index in [9.17, 15) is 4.79 Å². The number of nitrogens with zero attached hydrogens (tertiary/aromatic N) is 1. The topological polar surface area (TPSA) is 48.4 Å². The van der Waals surface area contributed by atoms with Gasteiger partial charge in [0.05, 0.1) is 12.8 Å². The second kappa shape index (κ2) is 8.04. The van der Waals surface area contributed by atoms with Crippen molar-refractivity contribution in [3.63, 3.8) is 0 Å². The lowest BCUT2D eigenvalue weighted by molar-refractivity contribution is -0.145. The maximum Gasteiger partial charge on any atom is 0.306 e. The number of hydrogen-bond acceptors (Lipinski definition) is 4. The molecule has 21 heavy (non-hydrogen) atoms. The number of pyridine rings is 1. The first kappa shape index (κ1) is 15.0. The SMILES string of the molecule is COc1cccc(COC(=O)CCCc2ccccc2)n1. The van der Waals surface area contributed by atoms with Crippen molar-refractivity contribution in [2.45, 2.75) is 25.9 Å². The lowest BCUT2D eigenvalue weighted by atomic mass is 10.1. The molecule has 0 fully saturated rings. The van der Waals surface area contributed by atoms with E-state index < -0.39 is 0 Å². The number of rotatable bonds is 7. The number of ether oxygens (including phenoxy) is 2. The summed E-state index contributed by atoms with van der Waals surface area (Å²) in [4.78, 5) is 15.9. The van der Waals surface area contributed by atoms with Gasteiger partial charge in [0.2, 0.25) is 5.88 Å². The van der Waals surface area contributed by atoms with E-state index in [1.165, 1.54) is 5.56 Å². The van der Waals surface area contributed by atoms with E-state index in [0.717, 1.165) is 12.8 Å². The summed E-state index contributed by atoms with van der Waals surface area (Å²) in [7, 11) is 1.56. The van der Waals surface area contributed by atoms with Crippen molar-refractivity contribution < 1.29 is 14.3 Å². The van der Waals surface area contributed by atoms with Crippen LogP contribution in [0.15, 0.2) is 48.5 Å². The molecular formula is C17H19NO3. The van der Waals surface area contributed by atoms with Gasteiger partial charge in [-0.3, -0.25) is 4.79 Å². The van der Waals surface area contributed by atoms with Crippen LogP contribution in [0.2, 0.25) is 0 Å². The number of esters is 1. The van der Waals surface area contributed by atoms with Crippen LogP contribution < -0.4 is 4.74 Å². The fourth-order valence-electron chi connectivity index (χ4n) is 1.96. The summed E-state index contributed by atoms with van der Waals surface area (Å²) in [5, 5.41) is 0. The van der Waals surface area contributed by atoms with Gasteiger partial charge in [-0.1, -0.05) is 36.4 Å². The van der Waals surface area contributed by atoms with Crippen molar-refractivity contribution in [2.24, 2.45) is 0 Å². The van der Waals surface area contributed by atoms with Crippen LogP contribution in [-0.2, 0) is 22.6 Å². The average Bonchev–Trinajstić information content (AvgIpc) is 2.54. The Bertz CT molecular complexity index is 569. The molecule has 1 heterocycles. The molecule has 0 amide bonds. The average molecular weight is 285 g/mol. The summed E-state index contributed by atoms with van der Waals surface area (Å²) in [6.45, 7) is 0.182. The third-order valence-electron chi connectivity index (χ3n) is 3.06. The van der Waals surface area contributed by atoms with Gasteiger partial charge in [0.1, 0.15) is 6.61 Å². The maximum absolute atomic E-state index is 11.7. The van der Waals surface area contributed by atoms with Gasteiger partial charge in [-0.15, -0.1) is 0 Å². The number of carbonyl (C=O) groups excluding carboxylic acids is 1. The Labute approximate surface area is 124 Å². The number of hydrogen-bond donors (Lipinski definition) is 0. The van der Waals surface area contributed by atoms with Crippen molar-refractivity contribution >= 4 is 5.97 Å². The van der Waals surface area contributed by atoms with E-state index in [-0.39, 0.29) is 12.6 Å². The Morgan fingerprint density at radius 3 is 2.67 bits per heavy atom. The van der Waals surface area contributed by atoms with Gasteiger partial charge in [0.25, 0.3) is 0 Å². The Morgan fingerprint density at radius 2 is 1.90 bits per heavy atom. The Kier molecular flexibility index (Phi) is 5.76. The summed E-state index contributed by atoms with van der Waals surface area (Å²) in [5.74, 6) is 0.322. The van der Waals surface area contributed by atoms with Gasteiger partial charge < -0.3 is 9.47 Å². The van der Waals surface area contributed by atoms with Gasteiger partial charge in [-0.25, -0.2) is 4.98 Å². The molecule has 1 aromatic heterocycles. The molecule has 0 radical (unpaired) electrons. The van der Waals surface area contributed by atoms with Crippen molar-refractivity contribution in [3.8, 4) is 5.88 Å². The molecule has 2 aromatic rings. The largest absolute Gasteiger partial charge is 0.481 e. The number of carbonyl (C=O) groups is 1. The van der Waals surface area contributed by atoms with Crippen molar-refractivity contribution in [2.75, 3.05) is 7.11 Å². The second-order valence-electron chi connectivity index (χ2n) is 4.67. The fourth-order valence-corrected chi connectivity index (χ4v) is 1.96. The smallest absolute Gasteiger partial charge is 0.306 e. The van der Waals surface area contributed by atoms with Crippen LogP contribution >= 0.6 is 0 Å². The van der Waals surface area contributed by atoms with Crippen LogP contribution in [0.5, 0.6) is 5.88 Å². The Morgan fingerprint density at radius 1 is 1.10 bits per heavy atom. The minimum atomic E-state index is -0.199. The van der Waals surface area contributed by atoms with E-state index in [0.29, 0.717) is 18.0 Å². The highest BCUT2D eigenvalue weighted by atomic mass is 16.5. The van der Waals surface area contributed by atoms with E-state index in [1.807, 2.05) is 24.3 Å². The quantitative estimate of drug-likeness (QED) is 0.733. The minimum Gasteiger partial charge on any atom is -0.481 e. The van der Waals surface area contributed by atoms with Crippen LogP contribution in [0, 0.1) is 0 Å². The first-order valence-electron chi connectivity index (χ1n) is 6.97. The number of aromatic nitrogens is 1. The number of methoxy groups -OCH3 is 1. The van der Waals surface area contributed by atoms with Crippen molar-refractivity contribution in [3.05, 3.63) is 59.8 Å². The molecule has 0 aliphatic heterocycles. The maximum atomic E-state index is 11.7. The molecule has 0 aliphatic rings. The lowest BCUT2D eigenvalue weighted by Crippen LogP contribution is -2.06. The standard InChI is InChI=1S/C17H19NO3/c1-20-16-11-6-10-15(18-16)13-21-17(19)12-5-9-14-7-3-2-4-8-14/h2-4,6-8,10-11H,5,9,12-13H2,1H3. The third kappa shape index (κ3) is 5.26. The molecular weight excluding hydrogens is 266 g/mol. The van der Waals surface area contributed by atoms with Crippen LogP contribution in [0.4, 0.5) is 0 Å². The number of aryl methyl sites for hydroxylation is 1. The van der Waals surface area contributed by atoms with Gasteiger partial charge in [0.15, 0.2) is 0 Å². The minimum absolute atomic E-state index is 0.182. The first-order valence-corrected chi connectivity index (χ1v) is 6.97. The highest BCUT2D eigenvalue weighted by Crippen LogP contribution is 2.09. The molecule has 2 rings (SSSR count). The molecule has 4 nitrogen and oxygen atoms in total.